The van der Waals surface area contributed by atoms with Crippen molar-refractivity contribution in [1.82, 2.24) is 20.3 Å². The Hall–Kier alpha value is -1.46. The highest BCUT2D eigenvalue weighted by Gasteiger charge is 2.04. The first-order chi connectivity index (χ1) is 9.66. The van der Waals surface area contributed by atoms with E-state index in [2.05, 4.69) is 27.2 Å². The molecule has 0 aliphatic heterocycles. The molecule has 1 N–H and O–H groups in total. The van der Waals surface area contributed by atoms with Crippen molar-refractivity contribution < 1.29 is 0 Å². The van der Waals surface area contributed by atoms with Gasteiger partial charge < -0.3 is 5.32 Å². The number of nitrogens with one attached hydrogen (secondary N) is 1. The fraction of sp³-hybridized carbons (Fsp3) is 0.400. The number of aromatic nitrogens is 3. The average molecular weight is 288 g/mol. The van der Waals surface area contributed by atoms with E-state index >= 15 is 0 Å². The number of thioether (sulfide) groups is 1. The summed E-state index contributed by atoms with van der Waals surface area (Å²) in [5, 5.41) is 4.24. The van der Waals surface area contributed by atoms with Gasteiger partial charge in [-0.15, -0.1) is 0 Å². The maximum absolute atomic E-state index is 4.50. The Kier molecular flexibility index (Phi) is 5.49. The van der Waals surface area contributed by atoms with Gasteiger partial charge in [-0.1, -0.05) is 17.8 Å². The average Bonchev–Trinajstić information content (AvgIpc) is 2.45. The van der Waals surface area contributed by atoms with Crippen molar-refractivity contribution in [2.75, 3.05) is 12.3 Å². The van der Waals surface area contributed by atoms with Crippen LogP contribution in [0.1, 0.15) is 22.6 Å². The molecule has 20 heavy (non-hydrogen) atoms. The van der Waals surface area contributed by atoms with Crippen LogP contribution in [0, 0.1) is 20.8 Å². The molecule has 0 unspecified atom stereocenters. The molecule has 4 nitrogen and oxygen atoms in total. The van der Waals surface area contributed by atoms with E-state index in [1.54, 1.807) is 11.8 Å². The number of aryl methyl sites for hydroxylation is 2. The summed E-state index contributed by atoms with van der Waals surface area (Å²) < 4.78 is 0. The Labute approximate surface area is 124 Å². The lowest BCUT2D eigenvalue weighted by molar-refractivity contribution is 0.714. The largest absolute Gasteiger partial charge is 0.310 e. The van der Waals surface area contributed by atoms with Crippen molar-refractivity contribution in [1.29, 1.82) is 0 Å². The van der Waals surface area contributed by atoms with Gasteiger partial charge in [-0.3, -0.25) is 4.98 Å². The third kappa shape index (κ3) is 4.28. The van der Waals surface area contributed by atoms with Crippen molar-refractivity contribution in [3.63, 3.8) is 0 Å². The second kappa shape index (κ2) is 7.36. The molecule has 0 aliphatic rings. The smallest absolute Gasteiger partial charge is 0.188 e. The van der Waals surface area contributed by atoms with Crippen LogP contribution in [0.4, 0.5) is 0 Å². The zero-order valence-corrected chi connectivity index (χ0v) is 13.0. The summed E-state index contributed by atoms with van der Waals surface area (Å²) in [6.45, 7) is 7.85. The van der Waals surface area contributed by atoms with Gasteiger partial charge in [-0.25, -0.2) is 9.97 Å². The molecule has 0 aromatic carbocycles. The summed E-state index contributed by atoms with van der Waals surface area (Å²) in [4.78, 5) is 13.3. The van der Waals surface area contributed by atoms with E-state index in [0.29, 0.717) is 0 Å². The van der Waals surface area contributed by atoms with Crippen LogP contribution in [0.5, 0.6) is 0 Å². The second-order valence-corrected chi connectivity index (χ2v) is 5.71. The summed E-state index contributed by atoms with van der Waals surface area (Å²) in [5.74, 6) is 0.953. The minimum atomic E-state index is 0.800. The maximum Gasteiger partial charge on any atom is 0.188 e. The number of rotatable bonds is 6. The molecule has 0 bridgehead atoms. The van der Waals surface area contributed by atoms with E-state index in [9.17, 15) is 0 Å². The molecule has 0 amide bonds. The van der Waals surface area contributed by atoms with Gasteiger partial charge in [-0.2, -0.15) is 0 Å². The van der Waals surface area contributed by atoms with Crippen molar-refractivity contribution in [2.45, 2.75) is 32.5 Å². The van der Waals surface area contributed by atoms with Gasteiger partial charge in [0.15, 0.2) is 5.16 Å². The van der Waals surface area contributed by atoms with Crippen LogP contribution in [0.2, 0.25) is 0 Å². The first-order valence-corrected chi connectivity index (χ1v) is 7.70. The van der Waals surface area contributed by atoms with Crippen LogP contribution in [0.3, 0.4) is 0 Å². The Morgan fingerprint density at radius 3 is 2.50 bits per heavy atom. The Balaban J connectivity index is 1.74. The molecule has 0 radical (unpaired) electrons. The summed E-state index contributed by atoms with van der Waals surface area (Å²) in [6.07, 6.45) is 1.82. The Morgan fingerprint density at radius 2 is 1.85 bits per heavy atom. The topological polar surface area (TPSA) is 50.7 Å². The zero-order chi connectivity index (χ0) is 14.4. The lowest BCUT2D eigenvalue weighted by Gasteiger charge is -2.07. The van der Waals surface area contributed by atoms with Crippen molar-refractivity contribution in [3.05, 3.63) is 47.0 Å². The molecule has 0 spiro atoms. The van der Waals surface area contributed by atoms with Crippen LogP contribution >= 0.6 is 11.8 Å². The van der Waals surface area contributed by atoms with Crippen LogP contribution in [0.25, 0.3) is 0 Å². The minimum absolute atomic E-state index is 0.800. The highest BCUT2D eigenvalue weighted by Crippen LogP contribution is 2.16. The molecule has 2 aromatic heterocycles. The Morgan fingerprint density at radius 1 is 1.10 bits per heavy atom. The van der Waals surface area contributed by atoms with Crippen molar-refractivity contribution in [3.8, 4) is 0 Å². The van der Waals surface area contributed by atoms with Crippen molar-refractivity contribution >= 4 is 11.8 Å². The number of hydrogen-bond donors (Lipinski definition) is 1. The molecule has 0 fully saturated rings. The van der Waals surface area contributed by atoms with Gasteiger partial charge in [0.2, 0.25) is 0 Å². The van der Waals surface area contributed by atoms with Crippen molar-refractivity contribution in [2.24, 2.45) is 0 Å². The fourth-order valence-corrected chi connectivity index (χ4v) is 2.57. The highest BCUT2D eigenvalue weighted by molar-refractivity contribution is 7.99. The molecule has 0 aliphatic carbocycles. The lowest BCUT2D eigenvalue weighted by atomic mass is 10.2. The molecular weight excluding hydrogens is 268 g/mol. The summed E-state index contributed by atoms with van der Waals surface area (Å²) >= 11 is 1.69. The maximum atomic E-state index is 4.50. The van der Waals surface area contributed by atoms with Crippen LogP contribution in [0.15, 0.2) is 29.6 Å². The molecule has 0 saturated heterocycles. The molecule has 2 rings (SSSR count). The number of pyridine rings is 1. The van der Waals surface area contributed by atoms with Crippen LogP contribution < -0.4 is 5.32 Å². The quantitative estimate of drug-likeness (QED) is 0.503. The third-order valence-corrected chi connectivity index (χ3v) is 4.00. The highest BCUT2D eigenvalue weighted by atomic mass is 32.2. The fourth-order valence-electron chi connectivity index (χ4n) is 1.74. The first-order valence-electron chi connectivity index (χ1n) is 6.72. The zero-order valence-electron chi connectivity index (χ0n) is 12.2. The van der Waals surface area contributed by atoms with Crippen LogP contribution in [-0.4, -0.2) is 27.2 Å². The van der Waals surface area contributed by atoms with Gasteiger partial charge in [0.1, 0.15) is 0 Å². The monoisotopic (exact) mass is 288 g/mol. The van der Waals surface area contributed by atoms with Gasteiger partial charge in [0.05, 0.1) is 5.69 Å². The van der Waals surface area contributed by atoms with Crippen LogP contribution in [-0.2, 0) is 6.54 Å². The molecule has 2 heterocycles. The van der Waals surface area contributed by atoms with E-state index in [0.717, 1.165) is 41.1 Å². The second-order valence-electron chi connectivity index (χ2n) is 4.65. The van der Waals surface area contributed by atoms with E-state index in [-0.39, 0.29) is 0 Å². The van der Waals surface area contributed by atoms with E-state index in [1.807, 2.05) is 38.2 Å². The third-order valence-electron chi connectivity index (χ3n) is 3.15. The molecular formula is C15H20N4S. The molecule has 106 valence electrons. The predicted octanol–water partition coefficient (Wildman–Crippen LogP) is 2.68. The lowest BCUT2D eigenvalue weighted by Crippen LogP contribution is -2.17. The normalized spacial score (nSPS) is 10.8. The van der Waals surface area contributed by atoms with Gasteiger partial charge in [0, 0.05) is 36.4 Å². The van der Waals surface area contributed by atoms with Gasteiger partial charge >= 0.3 is 0 Å². The predicted molar refractivity (Wildman–Crippen MR) is 82.9 cm³/mol. The minimum Gasteiger partial charge on any atom is -0.310 e. The molecule has 0 atom stereocenters. The number of nitrogens with zero attached hydrogens (tertiary/aromatic N) is 3. The van der Waals surface area contributed by atoms with Gasteiger partial charge in [-0.05, 0) is 38.5 Å². The van der Waals surface area contributed by atoms with Gasteiger partial charge in [0.25, 0.3) is 0 Å². The molecule has 0 saturated carbocycles. The summed E-state index contributed by atoms with van der Waals surface area (Å²) in [7, 11) is 0. The molecule has 2 aromatic rings. The Bertz CT molecular complexity index is 534. The first kappa shape index (κ1) is 14.9. The number of hydrogen-bond acceptors (Lipinski definition) is 5. The molecule has 5 heteroatoms. The SMILES string of the molecule is Cc1nc(SCCNCc2ccccn2)nc(C)c1C. The summed E-state index contributed by atoms with van der Waals surface area (Å²) in [5.41, 5.74) is 4.39. The van der Waals surface area contributed by atoms with E-state index < -0.39 is 0 Å². The standard InChI is InChI=1S/C15H20N4S/c1-11-12(2)18-15(19-13(11)3)20-9-8-16-10-14-6-4-5-7-17-14/h4-7,16H,8-10H2,1-3H3. The van der Waals surface area contributed by atoms with E-state index in [1.165, 1.54) is 5.56 Å². The van der Waals surface area contributed by atoms with E-state index in [4.69, 9.17) is 0 Å². The summed E-state index contributed by atoms with van der Waals surface area (Å²) in [6, 6.07) is 5.96.